The first-order valence-corrected chi connectivity index (χ1v) is 12.0. The fourth-order valence-corrected chi connectivity index (χ4v) is 5.09. The Bertz CT molecular complexity index is 1520. The van der Waals surface area contributed by atoms with E-state index >= 15 is 0 Å². The average molecular weight is 464 g/mol. The fourth-order valence-electron chi connectivity index (χ4n) is 4.07. The quantitative estimate of drug-likeness (QED) is 0.292. The number of nitrogen functional groups attached to an aromatic ring is 1. The van der Waals surface area contributed by atoms with Gasteiger partial charge in [-0.3, -0.25) is 4.79 Å². The lowest BCUT2D eigenvalue weighted by molar-refractivity contribution is 0.103. The van der Waals surface area contributed by atoms with Crippen LogP contribution < -0.4 is 11.1 Å². The van der Waals surface area contributed by atoms with Crippen molar-refractivity contribution in [2.75, 3.05) is 11.1 Å². The number of rotatable bonds is 4. The maximum atomic E-state index is 13.3. The Labute approximate surface area is 203 Å². The second kappa shape index (κ2) is 8.76. The molecule has 0 spiro atoms. The predicted molar refractivity (Wildman–Crippen MR) is 144 cm³/mol. The molecule has 0 saturated heterocycles. The lowest BCUT2D eigenvalue weighted by Crippen LogP contribution is -2.13. The van der Waals surface area contributed by atoms with Gasteiger partial charge in [0.2, 0.25) is 0 Å². The minimum Gasteiger partial charge on any atom is -0.397 e. The molecule has 0 fully saturated rings. The molecule has 0 bridgehead atoms. The molecule has 0 aliphatic carbocycles. The van der Waals surface area contributed by atoms with Crippen LogP contribution in [0.5, 0.6) is 0 Å². The zero-order chi connectivity index (χ0) is 23.8. The molecule has 168 valence electrons. The van der Waals surface area contributed by atoms with Gasteiger partial charge in [0.1, 0.15) is 9.71 Å². The van der Waals surface area contributed by atoms with E-state index in [0.717, 1.165) is 49.4 Å². The van der Waals surface area contributed by atoms with Crippen molar-refractivity contribution in [3.05, 3.63) is 100 Å². The normalized spacial score (nSPS) is 11.0. The number of anilines is 2. The van der Waals surface area contributed by atoms with Crippen LogP contribution in [0.25, 0.3) is 32.6 Å². The summed E-state index contributed by atoms with van der Waals surface area (Å²) in [4.78, 5) is 19.4. The molecular formula is C29H25N3OS. The maximum absolute atomic E-state index is 13.3. The lowest BCUT2D eigenvalue weighted by Gasteiger charge is -2.10. The number of aromatic nitrogens is 1. The van der Waals surface area contributed by atoms with E-state index in [1.165, 1.54) is 16.9 Å². The first kappa shape index (κ1) is 21.9. The molecule has 2 heterocycles. The number of pyridine rings is 1. The van der Waals surface area contributed by atoms with Gasteiger partial charge >= 0.3 is 0 Å². The minimum absolute atomic E-state index is 0.217. The maximum Gasteiger partial charge on any atom is 0.267 e. The molecule has 4 nitrogen and oxygen atoms in total. The van der Waals surface area contributed by atoms with Crippen LogP contribution in [0.15, 0.2) is 78.9 Å². The summed E-state index contributed by atoms with van der Waals surface area (Å²) in [6, 6.07) is 26.4. The average Bonchev–Trinajstić information content (AvgIpc) is 3.19. The van der Waals surface area contributed by atoms with E-state index in [0.29, 0.717) is 10.6 Å². The zero-order valence-corrected chi connectivity index (χ0v) is 20.2. The topological polar surface area (TPSA) is 68.0 Å². The Hall–Kier alpha value is -3.96. The van der Waals surface area contributed by atoms with E-state index in [9.17, 15) is 4.79 Å². The molecule has 0 aliphatic rings. The van der Waals surface area contributed by atoms with Crippen molar-refractivity contribution in [3.8, 4) is 22.4 Å². The Kier molecular flexibility index (Phi) is 5.64. The first-order valence-electron chi connectivity index (χ1n) is 11.2. The highest BCUT2D eigenvalue weighted by atomic mass is 32.1. The van der Waals surface area contributed by atoms with Crippen LogP contribution >= 0.6 is 11.3 Å². The molecule has 2 aromatic heterocycles. The third-order valence-electron chi connectivity index (χ3n) is 6.19. The predicted octanol–water partition coefficient (Wildman–Crippen LogP) is 7.39. The van der Waals surface area contributed by atoms with E-state index in [4.69, 9.17) is 10.7 Å². The summed E-state index contributed by atoms with van der Waals surface area (Å²) in [7, 11) is 0. The SMILES string of the molecule is Cc1ccc(-c2cc(-c3ccccc3)nc3sc(C(=O)Nc4cccc(C)c4C)c(N)c23)cc1. The largest absolute Gasteiger partial charge is 0.397 e. The molecule has 5 heteroatoms. The summed E-state index contributed by atoms with van der Waals surface area (Å²) < 4.78 is 0. The number of fused-ring (bicyclic) bond motifs is 1. The molecule has 3 N–H and O–H groups in total. The van der Waals surface area contributed by atoms with Crippen molar-refractivity contribution in [1.82, 2.24) is 4.98 Å². The number of benzene rings is 3. The van der Waals surface area contributed by atoms with Crippen LogP contribution in [-0.4, -0.2) is 10.9 Å². The molecule has 0 aliphatic heterocycles. The van der Waals surface area contributed by atoms with Crippen LogP contribution in [0.4, 0.5) is 11.4 Å². The Morgan fingerprint density at radius 2 is 1.62 bits per heavy atom. The van der Waals surface area contributed by atoms with Gasteiger partial charge in [0.05, 0.1) is 11.4 Å². The monoisotopic (exact) mass is 463 g/mol. The fraction of sp³-hybridized carbons (Fsp3) is 0.103. The standard InChI is InChI=1S/C29H25N3OS/c1-17-12-14-20(15-13-17)22-16-24(21-9-5-4-6-10-21)32-29-25(22)26(30)27(34-29)28(33)31-23-11-7-8-18(2)19(23)3/h4-16H,30H2,1-3H3,(H,31,33). The zero-order valence-electron chi connectivity index (χ0n) is 19.3. The molecule has 1 amide bonds. The third kappa shape index (κ3) is 3.95. The molecule has 0 unspecified atom stereocenters. The Balaban J connectivity index is 1.67. The molecule has 5 rings (SSSR count). The van der Waals surface area contributed by atoms with Crippen molar-refractivity contribution in [2.24, 2.45) is 0 Å². The highest BCUT2D eigenvalue weighted by Gasteiger charge is 2.22. The summed E-state index contributed by atoms with van der Waals surface area (Å²) in [5.74, 6) is -0.217. The van der Waals surface area contributed by atoms with Gasteiger partial charge in [0.15, 0.2) is 0 Å². The van der Waals surface area contributed by atoms with Crippen LogP contribution in [-0.2, 0) is 0 Å². The van der Waals surface area contributed by atoms with Gasteiger partial charge in [-0.2, -0.15) is 0 Å². The van der Waals surface area contributed by atoms with Crippen molar-refractivity contribution in [3.63, 3.8) is 0 Å². The van der Waals surface area contributed by atoms with E-state index in [2.05, 4.69) is 42.6 Å². The second-order valence-corrected chi connectivity index (χ2v) is 9.51. The Morgan fingerprint density at radius 3 is 2.35 bits per heavy atom. The Morgan fingerprint density at radius 1 is 0.882 bits per heavy atom. The number of aryl methyl sites for hydroxylation is 2. The van der Waals surface area contributed by atoms with Crippen LogP contribution in [0.3, 0.4) is 0 Å². The van der Waals surface area contributed by atoms with Crippen molar-refractivity contribution >= 4 is 38.8 Å². The number of nitrogens with one attached hydrogen (secondary N) is 1. The first-order chi connectivity index (χ1) is 16.4. The minimum atomic E-state index is -0.217. The van der Waals surface area contributed by atoms with Crippen LogP contribution in [0.2, 0.25) is 0 Å². The van der Waals surface area contributed by atoms with E-state index in [1.54, 1.807) is 0 Å². The van der Waals surface area contributed by atoms with E-state index < -0.39 is 0 Å². The molecule has 3 aromatic carbocycles. The summed E-state index contributed by atoms with van der Waals surface area (Å²) in [5, 5.41) is 3.86. The number of thiophene rings is 1. The number of carbonyl (C=O) groups is 1. The van der Waals surface area contributed by atoms with Gasteiger partial charge in [-0.25, -0.2) is 4.98 Å². The molecule has 0 atom stereocenters. The molecule has 5 aromatic rings. The summed E-state index contributed by atoms with van der Waals surface area (Å²) >= 11 is 1.33. The van der Waals surface area contributed by atoms with Crippen LogP contribution in [0, 0.1) is 20.8 Å². The van der Waals surface area contributed by atoms with Crippen molar-refractivity contribution in [2.45, 2.75) is 20.8 Å². The van der Waals surface area contributed by atoms with Crippen LogP contribution in [0.1, 0.15) is 26.4 Å². The molecule has 0 radical (unpaired) electrons. The molecule has 34 heavy (non-hydrogen) atoms. The number of nitrogens with zero attached hydrogens (tertiary/aromatic N) is 1. The van der Waals surface area contributed by atoms with E-state index in [-0.39, 0.29) is 5.91 Å². The second-order valence-electron chi connectivity index (χ2n) is 8.51. The van der Waals surface area contributed by atoms with E-state index in [1.807, 2.05) is 62.4 Å². The van der Waals surface area contributed by atoms with Gasteiger partial charge in [-0.15, -0.1) is 11.3 Å². The summed E-state index contributed by atoms with van der Waals surface area (Å²) in [5.41, 5.74) is 15.1. The van der Waals surface area contributed by atoms with Gasteiger partial charge in [-0.05, 0) is 55.2 Å². The number of hydrogen-bond donors (Lipinski definition) is 2. The van der Waals surface area contributed by atoms with Crippen molar-refractivity contribution < 1.29 is 4.79 Å². The smallest absolute Gasteiger partial charge is 0.267 e. The molecular weight excluding hydrogens is 438 g/mol. The summed E-state index contributed by atoms with van der Waals surface area (Å²) in [6.07, 6.45) is 0. The van der Waals surface area contributed by atoms with Gasteiger partial charge in [0.25, 0.3) is 5.91 Å². The highest BCUT2D eigenvalue weighted by molar-refractivity contribution is 7.21. The number of nitrogens with two attached hydrogens (primary N) is 1. The number of hydrogen-bond acceptors (Lipinski definition) is 4. The molecule has 0 saturated carbocycles. The van der Waals surface area contributed by atoms with Gasteiger partial charge in [-0.1, -0.05) is 72.3 Å². The number of amides is 1. The number of carbonyl (C=O) groups excluding carboxylic acids is 1. The van der Waals surface area contributed by atoms with Gasteiger partial charge in [0, 0.05) is 16.6 Å². The van der Waals surface area contributed by atoms with Gasteiger partial charge < -0.3 is 11.1 Å². The highest BCUT2D eigenvalue weighted by Crippen LogP contribution is 2.41. The third-order valence-corrected chi connectivity index (χ3v) is 7.29. The summed E-state index contributed by atoms with van der Waals surface area (Å²) in [6.45, 7) is 6.10. The van der Waals surface area contributed by atoms with Crippen molar-refractivity contribution in [1.29, 1.82) is 0 Å². The lowest BCUT2D eigenvalue weighted by atomic mass is 9.98.